The van der Waals surface area contributed by atoms with Gasteiger partial charge in [0.2, 0.25) is 0 Å². The van der Waals surface area contributed by atoms with Gasteiger partial charge in [0.15, 0.2) is 0 Å². The lowest BCUT2D eigenvalue weighted by molar-refractivity contribution is -0.124. The van der Waals surface area contributed by atoms with E-state index in [1.807, 2.05) is 5.01 Å². The van der Waals surface area contributed by atoms with Crippen LogP contribution < -0.4 is 5.43 Å². The van der Waals surface area contributed by atoms with Gasteiger partial charge in [0, 0.05) is 12.1 Å². The normalized spacial score (nSPS) is 29.7. The molecule has 2 atom stereocenters. The van der Waals surface area contributed by atoms with Crippen molar-refractivity contribution in [3.63, 3.8) is 0 Å². The molecule has 0 aromatic carbocycles. The Hall–Kier alpha value is -0.830. The number of hydrazine groups is 1. The summed E-state index contributed by atoms with van der Waals surface area (Å²) in [5.41, 5.74) is 2.84. The molecular formula is C10H18N2O. The monoisotopic (exact) mass is 182 g/mol. The summed E-state index contributed by atoms with van der Waals surface area (Å²) < 4.78 is 0. The minimum absolute atomic E-state index is 0.111. The molecule has 0 spiro atoms. The average Bonchev–Trinajstić information content (AvgIpc) is 2.11. The van der Waals surface area contributed by atoms with Gasteiger partial charge in [-0.25, -0.2) is 5.01 Å². The number of nitrogens with zero attached hydrogens (tertiary/aromatic N) is 1. The topological polar surface area (TPSA) is 32.3 Å². The van der Waals surface area contributed by atoms with Crippen LogP contribution in [0.3, 0.4) is 0 Å². The Morgan fingerprint density at radius 2 is 2.00 bits per heavy atom. The molecule has 2 unspecified atom stereocenters. The van der Waals surface area contributed by atoms with Crippen LogP contribution in [0.4, 0.5) is 0 Å². The molecule has 0 aromatic heterocycles. The molecule has 1 rings (SSSR count). The quantitative estimate of drug-likeness (QED) is 0.656. The van der Waals surface area contributed by atoms with Crippen LogP contribution in [-0.4, -0.2) is 23.0 Å². The molecule has 1 aliphatic heterocycles. The summed E-state index contributed by atoms with van der Waals surface area (Å²) in [6.45, 7) is 7.71. The Labute approximate surface area is 79.8 Å². The van der Waals surface area contributed by atoms with Crippen molar-refractivity contribution in [2.45, 2.75) is 45.2 Å². The summed E-state index contributed by atoms with van der Waals surface area (Å²) in [7, 11) is 0. The summed E-state index contributed by atoms with van der Waals surface area (Å²) in [6.07, 6.45) is 4.88. The number of carbonyl (C=O) groups is 1. The highest BCUT2D eigenvalue weighted by molar-refractivity contribution is 5.86. The molecule has 0 aliphatic carbocycles. The second-order valence-electron chi connectivity index (χ2n) is 3.72. The summed E-state index contributed by atoms with van der Waals surface area (Å²) >= 11 is 0. The predicted molar refractivity (Wildman–Crippen MR) is 53.0 cm³/mol. The molecule has 1 aliphatic rings. The Balaban J connectivity index is 2.53. The van der Waals surface area contributed by atoms with Gasteiger partial charge in [-0.05, 0) is 32.8 Å². The number of hydrogen-bond acceptors (Lipinski definition) is 2. The minimum Gasteiger partial charge on any atom is -0.285 e. The highest BCUT2D eigenvalue weighted by Gasteiger charge is 2.25. The summed E-state index contributed by atoms with van der Waals surface area (Å²) in [5, 5.41) is 2.04. The zero-order chi connectivity index (χ0) is 9.84. The van der Waals surface area contributed by atoms with E-state index in [0.717, 1.165) is 12.8 Å². The lowest BCUT2D eigenvalue weighted by Gasteiger charge is -2.38. The first-order valence-corrected chi connectivity index (χ1v) is 4.86. The number of hydrogen-bond donors (Lipinski definition) is 1. The van der Waals surface area contributed by atoms with E-state index in [0.29, 0.717) is 12.1 Å². The van der Waals surface area contributed by atoms with Crippen LogP contribution in [0.1, 0.15) is 33.1 Å². The average molecular weight is 182 g/mol. The number of nitrogens with one attached hydrogen (secondary N) is 1. The van der Waals surface area contributed by atoms with Gasteiger partial charge in [0.25, 0.3) is 5.91 Å². The van der Waals surface area contributed by atoms with E-state index in [2.05, 4.69) is 25.9 Å². The molecule has 0 radical (unpaired) electrons. The van der Waals surface area contributed by atoms with Gasteiger partial charge in [0.05, 0.1) is 0 Å². The van der Waals surface area contributed by atoms with E-state index in [9.17, 15) is 4.79 Å². The first kappa shape index (κ1) is 10.3. The molecule has 1 saturated heterocycles. The SMILES string of the molecule is C=CC(=O)NN1C(C)CCCC1C. The van der Waals surface area contributed by atoms with Crippen LogP contribution in [-0.2, 0) is 4.79 Å². The second kappa shape index (κ2) is 4.42. The van der Waals surface area contributed by atoms with Crippen molar-refractivity contribution >= 4 is 5.91 Å². The Kier molecular flexibility index (Phi) is 3.48. The number of amides is 1. The summed E-state index contributed by atoms with van der Waals surface area (Å²) in [5.74, 6) is -0.111. The van der Waals surface area contributed by atoms with Gasteiger partial charge in [-0.1, -0.05) is 13.0 Å². The second-order valence-corrected chi connectivity index (χ2v) is 3.72. The van der Waals surface area contributed by atoms with Gasteiger partial charge < -0.3 is 0 Å². The fourth-order valence-electron chi connectivity index (χ4n) is 1.81. The first-order chi connectivity index (χ1) is 6.15. The van der Waals surface area contributed by atoms with Crippen LogP contribution in [0, 0.1) is 0 Å². The molecule has 0 aromatic rings. The summed E-state index contributed by atoms with van der Waals surface area (Å²) in [4.78, 5) is 11.1. The van der Waals surface area contributed by atoms with Gasteiger partial charge in [-0.3, -0.25) is 10.2 Å². The van der Waals surface area contributed by atoms with Gasteiger partial charge in [0.1, 0.15) is 0 Å². The maximum Gasteiger partial charge on any atom is 0.257 e. The van der Waals surface area contributed by atoms with Crippen LogP contribution >= 0.6 is 0 Å². The molecule has 1 fully saturated rings. The zero-order valence-electron chi connectivity index (χ0n) is 8.42. The molecule has 3 heteroatoms. The van der Waals surface area contributed by atoms with Crippen molar-refractivity contribution < 1.29 is 4.79 Å². The van der Waals surface area contributed by atoms with Gasteiger partial charge in [-0.15, -0.1) is 0 Å². The maximum atomic E-state index is 11.1. The fraction of sp³-hybridized carbons (Fsp3) is 0.700. The van der Waals surface area contributed by atoms with E-state index < -0.39 is 0 Å². The van der Waals surface area contributed by atoms with Crippen molar-refractivity contribution in [1.29, 1.82) is 0 Å². The maximum absolute atomic E-state index is 11.1. The van der Waals surface area contributed by atoms with Crippen molar-refractivity contribution in [2.75, 3.05) is 0 Å². The largest absolute Gasteiger partial charge is 0.285 e. The van der Waals surface area contributed by atoms with Crippen molar-refractivity contribution in [3.8, 4) is 0 Å². The lowest BCUT2D eigenvalue weighted by Crippen LogP contribution is -2.53. The third-order valence-corrected chi connectivity index (χ3v) is 2.62. The highest BCUT2D eigenvalue weighted by atomic mass is 16.2. The molecule has 1 amide bonds. The number of carbonyl (C=O) groups excluding carboxylic acids is 1. The van der Waals surface area contributed by atoms with Crippen molar-refractivity contribution in [1.82, 2.24) is 10.4 Å². The highest BCUT2D eigenvalue weighted by Crippen LogP contribution is 2.19. The van der Waals surface area contributed by atoms with Crippen LogP contribution in [0.25, 0.3) is 0 Å². The molecule has 1 heterocycles. The number of piperidine rings is 1. The fourth-order valence-corrected chi connectivity index (χ4v) is 1.81. The molecule has 0 saturated carbocycles. The molecule has 0 bridgehead atoms. The Morgan fingerprint density at radius 1 is 1.46 bits per heavy atom. The standard InChI is InChI=1S/C10H18N2O/c1-4-10(13)11-12-8(2)6-5-7-9(12)3/h4,8-9H,1,5-7H2,2-3H3,(H,11,13). The van der Waals surface area contributed by atoms with Crippen LogP contribution in [0.5, 0.6) is 0 Å². The van der Waals surface area contributed by atoms with E-state index in [1.54, 1.807) is 0 Å². The molecule has 1 N–H and O–H groups in total. The Morgan fingerprint density at radius 3 is 2.46 bits per heavy atom. The van der Waals surface area contributed by atoms with Crippen molar-refractivity contribution in [2.24, 2.45) is 0 Å². The van der Waals surface area contributed by atoms with Gasteiger partial charge in [-0.2, -0.15) is 0 Å². The third-order valence-electron chi connectivity index (χ3n) is 2.62. The smallest absolute Gasteiger partial charge is 0.257 e. The lowest BCUT2D eigenvalue weighted by atomic mass is 10.00. The van der Waals surface area contributed by atoms with E-state index in [4.69, 9.17) is 0 Å². The van der Waals surface area contributed by atoms with Crippen molar-refractivity contribution in [3.05, 3.63) is 12.7 Å². The van der Waals surface area contributed by atoms with Crippen LogP contribution in [0.15, 0.2) is 12.7 Å². The Bertz CT molecular complexity index is 193. The first-order valence-electron chi connectivity index (χ1n) is 4.86. The molecular weight excluding hydrogens is 164 g/mol. The third kappa shape index (κ3) is 2.56. The molecule has 13 heavy (non-hydrogen) atoms. The van der Waals surface area contributed by atoms with Crippen LogP contribution in [0.2, 0.25) is 0 Å². The summed E-state index contributed by atoms with van der Waals surface area (Å²) in [6, 6.07) is 0.875. The van der Waals surface area contributed by atoms with Gasteiger partial charge >= 0.3 is 0 Å². The number of rotatable bonds is 2. The zero-order valence-corrected chi connectivity index (χ0v) is 8.42. The molecule has 3 nitrogen and oxygen atoms in total. The predicted octanol–water partition coefficient (Wildman–Crippen LogP) is 1.47. The van der Waals surface area contributed by atoms with E-state index in [-0.39, 0.29) is 5.91 Å². The van der Waals surface area contributed by atoms with E-state index in [1.165, 1.54) is 12.5 Å². The van der Waals surface area contributed by atoms with E-state index >= 15 is 0 Å². The molecule has 74 valence electrons. The minimum atomic E-state index is -0.111.